The van der Waals surface area contributed by atoms with E-state index in [1.807, 2.05) is 38.1 Å². The fraction of sp³-hybridized carbons (Fsp3) is 0.267. The molecule has 0 fully saturated rings. The molecule has 3 aromatic heterocycles. The predicted octanol–water partition coefficient (Wildman–Crippen LogP) is 4.48. The molecule has 0 spiro atoms. The van der Waals surface area contributed by atoms with E-state index >= 15 is 0 Å². The van der Waals surface area contributed by atoms with E-state index in [4.69, 9.17) is 20.4 Å². The highest BCUT2D eigenvalue weighted by atomic mass is 35.5. The zero-order chi connectivity index (χ0) is 14.8. The van der Waals surface area contributed by atoms with Crippen LogP contribution in [-0.2, 0) is 6.54 Å². The minimum Gasteiger partial charge on any atom is -0.467 e. The number of hydrogen-bond acceptors (Lipinski definition) is 5. The molecular weight excluding hydrogens is 308 g/mol. The van der Waals surface area contributed by atoms with Crippen molar-refractivity contribution in [2.75, 3.05) is 0 Å². The fourth-order valence-corrected chi connectivity index (χ4v) is 3.23. The fourth-order valence-electron chi connectivity index (χ4n) is 2.08. The lowest BCUT2D eigenvalue weighted by molar-refractivity contribution is 0.408. The highest BCUT2D eigenvalue weighted by molar-refractivity contribution is 7.16. The van der Waals surface area contributed by atoms with Crippen molar-refractivity contribution in [2.24, 2.45) is 0 Å². The SMILES string of the molecule is Cc1nc(CNC(c2ccco2)c2ccc(Cl)s2)oc1C. The number of oxazole rings is 1. The first-order valence-electron chi connectivity index (χ1n) is 6.58. The molecule has 0 radical (unpaired) electrons. The zero-order valence-electron chi connectivity index (χ0n) is 11.7. The van der Waals surface area contributed by atoms with Crippen LogP contribution in [0.25, 0.3) is 0 Å². The van der Waals surface area contributed by atoms with Crippen LogP contribution < -0.4 is 5.32 Å². The third-order valence-electron chi connectivity index (χ3n) is 3.24. The number of nitrogens with zero attached hydrogens (tertiary/aromatic N) is 1. The van der Waals surface area contributed by atoms with E-state index in [2.05, 4.69) is 10.3 Å². The normalized spacial score (nSPS) is 12.7. The number of aromatic nitrogens is 1. The number of furan rings is 1. The molecule has 0 saturated carbocycles. The summed E-state index contributed by atoms with van der Waals surface area (Å²) < 4.78 is 11.9. The van der Waals surface area contributed by atoms with Crippen molar-refractivity contribution in [3.05, 3.63) is 62.8 Å². The molecule has 3 heterocycles. The Morgan fingerprint density at radius 2 is 2.19 bits per heavy atom. The Morgan fingerprint density at radius 3 is 2.76 bits per heavy atom. The van der Waals surface area contributed by atoms with Gasteiger partial charge in [0, 0.05) is 4.88 Å². The quantitative estimate of drug-likeness (QED) is 0.752. The third-order valence-corrected chi connectivity index (χ3v) is 4.53. The second kappa shape index (κ2) is 6.05. The first-order chi connectivity index (χ1) is 10.1. The van der Waals surface area contributed by atoms with Crippen molar-refractivity contribution >= 4 is 22.9 Å². The topological polar surface area (TPSA) is 51.2 Å². The summed E-state index contributed by atoms with van der Waals surface area (Å²) in [5, 5.41) is 3.41. The van der Waals surface area contributed by atoms with Crippen LogP contribution in [0.3, 0.4) is 0 Å². The largest absolute Gasteiger partial charge is 0.467 e. The van der Waals surface area contributed by atoms with E-state index in [-0.39, 0.29) is 6.04 Å². The van der Waals surface area contributed by atoms with E-state index in [0.717, 1.165) is 26.4 Å². The van der Waals surface area contributed by atoms with Gasteiger partial charge in [-0.1, -0.05) is 11.6 Å². The first kappa shape index (κ1) is 14.4. The second-order valence-corrected chi connectivity index (χ2v) is 6.47. The molecule has 110 valence electrons. The van der Waals surface area contributed by atoms with Crippen molar-refractivity contribution in [3.8, 4) is 0 Å². The molecule has 0 aliphatic carbocycles. The van der Waals surface area contributed by atoms with Gasteiger partial charge in [0.1, 0.15) is 17.6 Å². The lowest BCUT2D eigenvalue weighted by atomic mass is 10.2. The Morgan fingerprint density at radius 1 is 1.33 bits per heavy atom. The van der Waals surface area contributed by atoms with Gasteiger partial charge in [0.25, 0.3) is 0 Å². The van der Waals surface area contributed by atoms with Crippen molar-refractivity contribution in [2.45, 2.75) is 26.4 Å². The van der Waals surface area contributed by atoms with Crippen LogP contribution in [0.15, 0.2) is 39.4 Å². The van der Waals surface area contributed by atoms with E-state index < -0.39 is 0 Å². The lowest BCUT2D eigenvalue weighted by Crippen LogP contribution is -2.21. The van der Waals surface area contributed by atoms with Gasteiger partial charge < -0.3 is 8.83 Å². The number of rotatable bonds is 5. The van der Waals surface area contributed by atoms with Gasteiger partial charge in [-0.3, -0.25) is 5.32 Å². The van der Waals surface area contributed by atoms with Gasteiger partial charge in [-0.15, -0.1) is 11.3 Å². The number of aryl methyl sites for hydroxylation is 2. The van der Waals surface area contributed by atoms with Gasteiger partial charge in [-0.25, -0.2) is 4.98 Å². The Hall–Kier alpha value is -1.56. The van der Waals surface area contributed by atoms with Gasteiger partial charge >= 0.3 is 0 Å². The molecule has 3 aromatic rings. The number of thiophene rings is 1. The minimum atomic E-state index is -0.0648. The number of hydrogen-bond donors (Lipinski definition) is 1. The van der Waals surface area contributed by atoms with Crippen LogP contribution in [-0.4, -0.2) is 4.98 Å². The molecule has 1 atom stereocenters. The lowest BCUT2D eigenvalue weighted by Gasteiger charge is -2.13. The molecule has 21 heavy (non-hydrogen) atoms. The first-order valence-corrected chi connectivity index (χ1v) is 7.78. The van der Waals surface area contributed by atoms with Crippen LogP contribution in [0.2, 0.25) is 4.34 Å². The van der Waals surface area contributed by atoms with Crippen molar-refractivity contribution in [1.82, 2.24) is 10.3 Å². The minimum absolute atomic E-state index is 0.0648. The average Bonchev–Trinajstić information content (AvgIpc) is 3.15. The molecule has 0 aliphatic heterocycles. The Bertz CT molecular complexity index is 698. The summed E-state index contributed by atoms with van der Waals surface area (Å²) in [5.74, 6) is 2.36. The van der Waals surface area contributed by atoms with Crippen LogP contribution in [0.1, 0.15) is 34.0 Å². The highest BCUT2D eigenvalue weighted by Gasteiger charge is 2.19. The number of nitrogens with one attached hydrogen (secondary N) is 1. The summed E-state index contributed by atoms with van der Waals surface area (Å²) in [4.78, 5) is 5.47. The van der Waals surface area contributed by atoms with E-state index in [1.165, 1.54) is 11.3 Å². The maximum Gasteiger partial charge on any atom is 0.208 e. The van der Waals surface area contributed by atoms with Gasteiger partial charge in [-0.2, -0.15) is 0 Å². The molecule has 6 heteroatoms. The van der Waals surface area contributed by atoms with Gasteiger partial charge in [-0.05, 0) is 38.1 Å². The van der Waals surface area contributed by atoms with E-state index in [1.54, 1.807) is 6.26 Å². The molecule has 3 rings (SSSR count). The van der Waals surface area contributed by atoms with Crippen molar-refractivity contribution in [3.63, 3.8) is 0 Å². The van der Waals surface area contributed by atoms with Crippen LogP contribution in [0.5, 0.6) is 0 Å². The molecule has 0 aromatic carbocycles. The molecular formula is C15H15ClN2O2S. The van der Waals surface area contributed by atoms with Crippen LogP contribution in [0, 0.1) is 13.8 Å². The zero-order valence-corrected chi connectivity index (χ0v) is 13.3. The smallest absolute Gasteiger partial charge is 0.208 e. The van der Waals surface area contributed by atoms with Crippen LogP contribution in [0.4, 0.5) is 0 Å². The standard InChI is InChI=1S/C15H15ClN2O2S/c1-9-10(2)20-14(18-9)8-17-15(11-4-3-7-19-11)12-5-6-13(16)21-12/h3-7,15,17H,8H2,1-2H3. The summed E-state index contributed by atoms with van der Waals surface area (Å²) in [5.41, 5.74) is 0.917. The monoisotopic (exact) mass is 322 g/mol. The summed E-state index contributed by atoms with van der Waals surface area (Å²) in [6.45, 7) is 4.37. The summed E-state index contributed by atoms with van der Waals surface area (Å²) >= 11 is 7.57. The van der Waals surface area contributed by atoms with Crippen molar-refractivity contribution in [1.29, 1.82) is 0 Å². The highest BCUT2D eigenvalue weighted by Crippen LogP contribution is 2.31. The Kier molecular flexibility index (Phi) is 4.14. The molecule has 1 N–H and O–H groups in total. The van der Waals surface area contributed by atoms with E-state index in [9.17, 15) is 0 Å². The molecule has 0 saturated heterocycles. The third kappa shape index (κ3) is 3.20. The Balaban J connectivity index is 1.80. The predicted molar refractivity (Wildman–Crippen MR) is 82.7 cm³/mol. The van der Waals surface area contributed by atoms with Crippen molar-refractivity contribution < 1.29 is 8.83 Å². The summed E-state index contributed by atoms with van der Waals surface area (Å²) in [7, 11) is 0. The number of halogens is 1. The maximum absolute atomic E-state index is 6.04. The molecule has 0 bridgehead atoms. The molecule has 1 unspecified atom stereocenters. The van der Waals surface area contributed by atoms with Gasteiger partial charge in [0.15, 0.2) is 0 Å². The van der Waals surface area contributed by atoms with Gasteiger partial charge in [0.05, 0.1) is 22.8 Å². The van der Waals surface area contributed by atoms with E-state index in [0.29, 0.717) is 12.4 Å². The molecule has 4 nitrogen and oxygen atoms in total. The summed E-state index contributed by atoms with van der Waals surface area (Å²) in [6, 6.07) is 7.64. The molecule has 0 amide bonds. The summed E-state index contributed by atoms with van der Waals surface area (Å²) in [6.07, 6.45) is 1.67. The second-order valence-electron chi connectivity index (χ2n) is 4.72. The average molecular weight is 323 g/mol. The Labute approximate surface area is 131 Å². The molecule has 0 aliphatic rings. The van der Waals surface area contributed by atoms with Gasteiger partial charge in [0.2, 0.25) is 5.89 Å². The maximum atomic E-state index is 6.04. The van der Waals surface area contributed by atoms with Crippen LogP contribution >= 0.6 is 22.9 Å².